The van der Waals surface area contributed by atoms with Crippen molar-refractivity contribution in [3.63, 3.8) is 0 Å². The predicted molar refractivity (Wildman–Crippen MR) is 82.6 cm³/mol. The monoisotopic (exact) mass is 349 g/mol. The number of aromatic nitrogens is 1. The third-order valence-corrected chi connectivity index (χ3v) is 3.93. The molecular formula is C15H10BrF2N3. The van der Waals surface area contributed by atoms with Crippen LogP contribution in [0.3, 0.4) is 0 Å². The Hall–Kier alpha value is -2.05. The van der Waals surface area contributed by atoms with Gasteiger partial charge in [0, 0.05) is 17.0 Å². The highest BCUT2D eigenvalue weighted by Gasteiger charge is 2.16. The van der Waals surface area contributed by atoms with Gasteiger partial charge in [-0.1, -0.05) is 30.3 Å². The minimum absolute atomic E-state index is 0.0533. The molecule has 0 radical (unpaired) electrons. The van der Waals surface area contributed by atoms with E-state index in [2.05, 4.69) is 26.3 Å². The molecule has 0 aliphatic heterocycles. The van der Waals surface area contributed by atoms with Crippen LogP contribution in [0, 0.1) is 11.6 Å². The van der Waals surface area contributed by atoms with Crippen LogP contribution in [-0.2, 0) is 0 Å². The van der Waals surface area contributed by atoms with Gasteiger partial charge in [-0.3, -0.25) is 5.84 Å². The van der Waals surface area contributed by atoms with Crippen LogP contribution in [0.4, 0.5) is 14.5 Å². The van der Waals surface area contributed by atoms with Crippen molar-refractivity contribution in [1.82, 2.24) is 4.98 Å². The zero-order valence-corrected chi connectivity index (χ0v) is 12.3. The summed E-state index contributed by atoms with van der Waals surface area (Å²) in [5.74, 6) is 4.05. The minimum Gasteiger partial charge on any atom is -0.323 e. The van der Waals surface area contributed by atoms with Crippen LogP contribution in [0.1, 0.15) is 0 Å². The highest BCUT2D eigenvalue weighted by atomic mass is 79.9. The molecule has 0 bridgehead atoms. The highest BCUT2D eigenvalue weighted by Crippen LogP contribution is 2.35. The number of fused-ring (bicyclic) bond motifs is 1. The third kappa shape index (κ3) is 2.36. The number of rotatable bonds is 2. The van der Waals surface area contributed by atoms with E-state index in [1.54, 1.807) is 6.07 Å². The highest BCUT2D eigenvalue weighted by molar-refractivity contribution is 9.10. The molecule has 0 fully saturated rings. The molecule has 106 valence electrons. The summed E-state index contributed by atoms with van der Waals surface area (Å²) in [6, 6.07) is 11.7. The normalized spacial score (nSPS) is 10.9. The number of nitrogens with zero attached hydrogens (tertiary/aromatic N) is 1. The molecular weight excluding hydrogens is 340 g/mol. The number of hydrazine groups is 1. The molecule has 3 N–H and O–H groups in total. The van der Waals surface area contributed by atoms with E-state index in [1.165, 1.54) is 0 Å². The quantitative estimate of drug-likeness (QED) is 0.413. The maximum absolute atomic E-state index is 14.0. The van der Waals surface area contributed by atoms with Crippen LogP contribution in [-0.4, -0.2) is 4.98 Å². The fourth-order valence-electron chi connectivity index (χ4n) is 2.17. The Labute approximate surface area is 127 Å². The van der Waals surface area contributed by atoms with Crippen LogP contribution in [0.2, 0.25) is 0 Å². The first-order valence-corrected chi connectivity index (χ1v) is 6.91. The molecule has 0 aliphatic rings. The first-order valence-electron chi connectivity index (χ1n) is 6.12. The molecule has 3 aromatic rings. The number of pyridine rings is 1. The average Bonchev–Trinajstić information content (AvgIpc) is 2.52. The van der Waals surface area contributed by atoms with Crippen molar-refractivity contribution in [2.24, 2.45) is 5.84 Å². The van der Waals surface area contributed by atoms with Crippen molar-refractivity contribution in [3.05, 3.63) is 58.6 Å². The lowest BCUT2D eigenvalue weighted by Crippen LogP contribution is -2.09. The van der Waals surface area contributed by atoms with Gasteiger partial charge in [0.25, 0.3) is 0 Å². The van der Waals surface area contributed by atoms with Crippen LogP contribution in [0.15, 0.2) is 46.9 Å². The van der Waals surface area contributed by atoms with Crippen molar-refractivity contribution in [2.45, 2.75) is 0 Å². The summed E-state index contributed by atoms with van der Waals surface area (Å²) in [5, 5.41) is 0.273. The summed E-state index contributed by atoms with van der Waals surface area (Å²) in [5.41, 5.74) is 4.28. The van der Waals surface area contributed by atoms with Crippen LogP contribution in [0.5, 0.6) is 0 Å². The van der Waals surface area contributed by atoms with Gasteiger partial charge < -0.3 is 5.43 Å². The van der Waals surface area contributed by atoms with Crippen molar-refractivity contribution in [2.75, 3.05) is 5.43 Å². The van der Waals surface area contributed by atoms with Gasteiger partial charge in [-0.25, -0.2) is 13.8 Å². The van der Waals surface area contributed by atoms with E-state index < -0.39 is 11.6 Å². The van der Waals surface area contributed by atoms with Crippen LogP contribution in [0.25, 0.3) is 22.2 Å². The van der Waals surface area contributed by atoms with E-state index in [4.69, 9.17) is 5.84 Å². The molecule has 0 saturated carbocycles. The molecule has 3 nitrogen and oxygen atoms in total. The van der Waals surface area contributed by atoms with E-state index in [-0.39, 0.29) is 15.4 Å². The summed E-state index contributed by atoms with van der Waals surface area (Å²) >= 11 is 3.11. The number of halogens is 3. The fourth-order valence-corrected chi connectivity index (χ4v) is 2.69. The van der Waals surface area contributed by atoms with Crippen LogP contribution < -0.4 is 11.3 Å². The number of hydrogen-bond acceptors (Lipinski definition) is 3. The lowest BCUT2D eigenvalue weighted by Gasteiger charge is -2.12. The summed E-state index contributed by atoms with van der Waals surface area (Å²) in [7, 11) is 0. The Morgan fingerprint density at radius 2 is 1.76 bits per heavy atom. The number of anilines is 1. The second-order valence-corrected chi connectivity index (χ2v) is 5.24. The Morgan fingerprint density at radius 1 is 1.05 bits per heavy atom. The van der Waals surface area contributed by atoms with Crippen molar-refractivity contribution >= 4 is 32.5 Å². The Balaban J connectivity index is 2.38. The van der Waals surface area contributed by atoms with Gasteiger partial charge in [-0.15, -0.1) is 0 Å². The van der Waals surface area contributed by atoms with Gasteiger partial charge in [0.05, 0.1) is 15.9 Å². The largest absolute Gasteiger partial charge is 0.323 e. The number of nitrogens with one attached hydrogen (secondary N) is 1. The maximum Gasteiger partial charge on any atom is 0.152 e. The van der Waals surface area contributed by atoms with Crippen molar-refractivity contribution in [1.29, 1.82) is 0 Å². The number of hydrogen-bond donors (Lipinski definition) is 2. The molecule has 0 atom stereocenters. The van der Waals surface area contributed by atoms with Gasteiger partial charge in [0.2, 0.25) is 0 Å². The van der Waals surface area contributed by atoms with Gasteiger partial charge in [0.1, 0.15) is 11.3 Å². The molecule has 0 amide bonds. The molecule has 21 heavy (non-hydrogen) atoms. The lowest BCUT2D eigenvalue weighted by atomic mass is 10.1. The molecule has 1 heterocycles. The first kappa shape index (κ1) is 13.9. The standard InChI is InChI=1S/C15H10BrF2N3/c16-14-9(17)6-10(18)15-13(14)12(21-19)7-11(20-15)8-4-2-1-3-5-8/h1-7H,19H2,(H,20,21). The Kier molecular flexibility index (Phi) is 3.57. The fraction of sp³-hybridized carbons (Fsp3) is 0. The maximum atomic E-state index is 14.0. The summed E-state index contributed by atoms with van der Waals surface area (Å²) < 4.78 is 27.8. The predicted octanol–water partition coefficient (Wildman–Crippen LogP) is 4.23. The Morgan fingerprint density at radius 3 is 2.43 bits per heavy atom. The van der Waals surface area contributed by atoms with Crippen LogP contribution >= 0.6 is 15.9 Å². The van der Waals surface area contributed by atoms with Crippen molar-refractivity contribution < 1.29 is 8.78 Å². The third-order valence-electron chi connectivity index (χ3n) is 3.15. The van der Waals surface area contributed by atoms with E-state index >= 15 is 0 Å². The van der Waals surface area contributed by atoms with Gasteiger partial charge in [-0.05, 0) is 22.0 Å². The van der Waals surface area contributed by atoms with E-state index in [9.17, 15) is 8.78 Å². The molecule has 0 spiro atoms. The number of benzene rings is 2. The van der Waals surface area contributed by atoms with E-state index in [1.807, 2.05) is 30.3 Å². The first-order chi connectivity index (χ1) is 10.1. The lowest BCUT2D eigenvalue weighted by molar-refractivity contribution is 0.586. The average molecular weight is 350 g/mol. The molecule has 1 aromatic heterocycles. The zero-order chi connectivity index (χ0) is 15.0. The molecule has 0 unspecified atom stereocenters. The minimum atomic E-state index is -0.736. The second-order valence-electron chi connectivity index (χ2n) is 4.44. The number of nitrogens with two attached hydrogens (primary N) is 1. The summed E-state index contributed by atoms with van der Waals surface area (Å²) in [6.07, 6.45) is 0. The smallest absolute Gasteiger partial charge is 0.152 e. The topological polar surface area (TPSA) is 50.9 Å². The summed E-state index contributed by atoms with van der Waals surface area (Å²) in [6.45, 7) is 0. The van der Waals surface area contributed by atoms with Gasteiger partial charge in [-0.2, -0.15) is 0 Å². The van der Waals surface area contributed by atoms with Gasteiger partial charge >= 0.3 is 0 Å². The molecule has 3 rings (SSSR count). The Bertz CT molecular complexity index is 822. The van der Waals surface area contributed by atoms with Gasteiger partial charge in [0.15, 0.2) is 5.82 Å². The second kappa shape index (κ2) is 5.38. The zero-order valence-electron chi connectivity index (χ0n) is 10.7. The SMILES string of the molecule is NNc1cc(-c2ccccc2)nc2c(F)cc(F)c(Br)c12. The van der Waals surface area contributed by atoms with Crippen molar-refractivity contribution in [3.8, 4) is 11.3 Å². The number of nitrogen functional groups attached to an aromatic ring is 1. The molecule has 0 saturated heterocycles. The molecule has 0 aliphatic carbocycles. The molecule has 2 aromatic carbocycles. The molecule has 6 heteroatoms. The van der Waals surface area contributed by atoms with E-state index in [0.29, 0.717) is 11.4 Å². The van der Waals surface area contributed by atoms with E-state index in [0.717, 1.165) is 11.6 Å². The summed E-state index contributed by atoms with van der Waals surface area (Å²) in [4.78, 5) is 4.29.